The van der Waals surface area contributed by atoms with Crippen LogP contribution >= 0.6 is 23.2 Å². The van der Waals surface area contributed by atoms with Crippen molar-refractivity contribution >= 4 is 44.8 Å². The van der Waals surface area contributed by atoms with Gasteiger partial charge in [-0.25, -0.2) is 8.42 Å². The maximum absolute atomic E-state index is 12.8. The summed E-state index contributed by atoms with van der Waals surface area (Å²) in [6.07, 6.45) is 2.52. The summed E-state index contributed by atoms with van der Waals surface area (Å²) in [4.78, 5) is 12.4. The van der Waals surface area contributed by atoms with Crippen molar-refractivity contribution < 1.29 is 17.9 Å². The Morgan fingerprint density at radius 1 is 1.13 bits per heavy atom. The van der Waals surface area contributed by atoms with E-state index in [9.17, 15) is 13.2 Å². The molecule has 1 saturated heterocycles. The number of carbonyl (C=O) groups excluding carboxylic acids is 1. The summed E-state index contributed by atoms with van der Waals surface area (Å²) in [7, 11) is -3.50. The summed E-state index contributed by atoms with van der Waals surface area (Å²) >= 11 is 11.9. The number of benzene rings is 2. The zero-order chi connectivity index (χ0) is 22.4. The van der Waals surface area contributed by atoms with Gasteiger partial charge < -0.3 is 10.1 Å². The third-order valence-corrected chi connectivity index (χ3v) is 7.66. The van der Waals surface area contributed by atoms with Crippen molar-refractivity contribution in [2.24, 2.45) is 5.92 Å². The van der Waals surface area contributed by atoms with Gasteiger partial charge in [0.2, 0.25) is 15.9 Å². The van der Waals surface area contributed by atoms with Crippen LogP contribution in [0.5, 0.6) is 5.75 Å². The Kier molecular flexibility index (Phi) is 8.22. The van der Waals surface area contributed by atoms with E-state index in [2.05, 4.69) is 12.2 Å². The maximum atomic E-state index is 12.8. The highest BCUT2D eigenvalue weighted by Crippen LogP contribution is 2.28. The third-order valence-electron chi connectivity index (χ3n) is 5.22. The summed E-state index contributed by atoms with van der Waals surface area (Å²) in [6, 6.07) is 11.3. The lowest BCUT2D eigenvalue weighted by atomic mass is 10.0. The Balaban J connectivity index is 1.46. The third kappa shape index (κ3) is 6.59. The van der Waals surface area contributed by atoms with Gasteiger partial charge in [0.25, 0.3) is 0 Å². The van der Waals surface area contributed by atoms with Crippen molar-refractivity contribution in [3.8, 4) is 5.75 Å². The summed E-state index contributed by atoms with van der Waals surface area (Å²) in [5.41, 5.74) is 0.554. The molecule has 0 spiro atoms. The molecule has 0 saturated carbocycles. The van der Waals surface area contributed by atoms with E-state index in [4.69, 9.17) is 27.9 Å². The fourth-order valence-electron chi connectivity index (χ4n) is 3.32. The number of piperidine rings is 1. The van der Waals surface area contributed by atoms with Crippen LogP contribution in [0.25, 0.3) is 0 Å². The molecular formula is C22H26Cl2N2O4S. The minimum Gasteiger partial charge on any atom is -0.492 e. The van der Waals surface area contributed by atoms with Gasteiger partial charge in [-0.15, -0.1) is 0 Å². The summed E-state index contributed by atoms with van der Waals surface area (Å²) in [5.74, 6) is 0.899. The zero-order valence-corrected chi connectivity index (χ0v) is 19.6. The lowest BCUT2D eigenvalue weighted by Crippen LogP contribution is -2.37. The van der Waals surface area contributed by atoms with E-state index >= 15 is 0 Å². The Bertz CT molecular complexity index is 1000. The van der Waals surface area contributed by atoms with Gasteiger partial charge in [-0.05, 0) is 67.6 Å². The number of halogens is 2. The Morgan fingerprint density at radius 3 is 2.45 bits per heavy atom. The molecule has 3 rings (SSSR count). The second-order valence-corrected chi connectivity index (χ2v) is 10.5. The SMILES string of the molecule is CC1CCN(S(=O)(=O)c2ccc(NC(=O)CCCOc3ccc(Cl)cc3Cl)cc2)CC1. The van der Waals surface area contributed by atoms with Crippen molar-refractivity contribution in [1.29, 1.82) is 0 Å². The second-order valence-electron chi connectivity index (χ2n) is 7.69. The number of ether oxygens (including phenoxy) is 1. The topological polar surface area (TPSA) is 75.7 Å². The number of anilines is 1. The molecule has 1 aliphatic rings. The first-order valence-corrected chi connectivity index (χ1v) is 12.4. The quantitative estimate of drug-likeness (QED) is 0.521. The maximum Gasteiger partial charge on any atom is 0.243 e. The Hall–Kier alpha value is -1.80. The standard InChI is InChI=1S/C22H26Cl2N2O4S/c1-16-10-12-26(13-11-16)31(28,29)19-7-5-18(6-8-19)25-22(27)3-2-14-30-21-9-4-17(23)15-20(21)24/h4-9,15-16H,2-3,10-14H2,1H3,(H,25,27). The minimum absolute atomic E-state index is 0.175. The molecule has 1 N–H and O–H groups in total. The Morgan fingerprint density at radius 2 is 1.81 bits per heavy atom. The predicted molar refractivity (Wildman–Crippen MR) is 123 cm³/mol. The van der Waals surface area contributed by atoms with E-state index in [-0.39, 0.29) is 17.2 Å². The van der Waals surface area contributed by atoms with Gasteiger partial charge in [0.05, 0.1) is 16.5 Å². The molecule has 2 aromatic rings. The first kappa shape index (κ1) is 23.9. The first-order valence-electron chi connectivity index (χ1n) is 10.2. The molecule has 1 fully saturated rings. The van der Waals surface area contributed by atoms with E-state index < -0.39 is 10.0 Å². The van der Waals surface area contributed by atoms with Crippen molar-refractivity contribution in [3.63, 3.8) is 0 Å². The molecule has 0 radical (unpaired) electrons. The number of hydrogen-bond acceptors (Lipinski definition) is 4. The lowest BCUT2D eigenvalue weighted by molar-refractivity contribution is -0.116. The van der Waals surface area contributed by atoms with Crippen LogP contribution in [-0.2, 0) is 14.8 Å². The van der Waals surface area contributed by atoms with Gasteiger partial charge in [0.15, 0.2) is 0 Å². The number of sulfonamides is 1. The molecule has 0 aliphatic carbocycles. The minimum atomic E-state index is -3.50. The number of rotatable bonds is 8. The van der Waals surface area contributed by atoms with E-state index in [1.807, 2.05) is 0 Å². The average molecular weight is 485 g/mol. The van der Waals surface area contributed by atoms with Crippen molar-refractivity contribution in [2.45, 2.75) is 37.5 Å². The summed E-state index contributed by atoms with van der Waals surface area (Å²) in [6.45, 7) is 3.57. The average Bonchev–Trinajstić information content (AvgIpc) is 2.73. The van der Waals surface area contributed by atoms with Gasteiger partial charge >= 0.3 is 0 Å². The molecular weight excluding hydrogens is 459 g/mol. The molecule has 1 aliphatic heterocycles. The fourth-order valence-corrected chi connectivity index (χ4v) is 5.25. The zero-order valence-electron chi connectivity index (χ0n) is 17.3. The van der Waals surface area contributed by atoms with Crippen LogP contribution in [0, 0.1) is 5.92 Å². The van der Waals surface area contributed by atoms with Crippen LogP contribution < -0.4 is 10.1 Å². The van der Waals surface area contributed by atoms with E-state index in [1.165, 1.54) is 16.4 Å². The fraction of sp³-hybridized carbons (Fsp3) is 0.409. The van der Waals surface area contributed by atoms with Crippen molar-refractivity contribution in [3.05, 3.63) is 52.5 Å². The monoisotopic (exact) mass is 484 g/mol. The molecule has 1 heterocycles. The molecule has 1 amide bonds. The highest BCUT2D eigenvalue weighted by atomic mass is 35.5. The normalized spacial score (nSPS) is 15.6. The van der Waals surface area contributed by atoms with Crippen LogP contribution in [0.1, 0.15) is 32.6 Å². The van der Waals surface area contributed by atoms with Gasteiger partial charge in [-0.3, -0.25) is 4.79 Å². The van der Waals surface area contributed by atoms with Crippen LogP contribution in [-0.4, -0.2) is 38.3 Å². The smallest absolute Gasteiger partial charge is 0.243 e. The molecule has 6 nitrogen and oxygen atoms in total. The van der Waals surface area contributed by atoms with E-state index in [0.29, 0.717) is 53.5 Å². The molecule has 31 heavy (non-hydrogen) atoms. The molecule has 0 atom stereocenters. The molecule has 0 bridgehead atoms. The molecule has 0 unspecified atom stereocenters. The van der Waals surface area contributed by atoms with Crippen LogP contribution in [0.15, 0.2) is 47.4 Å². The predicted octanol–water partition coefficient (Wildman–Crippen LogP) is 5.21. The Labute approximate surface area is 193 Å². The first-order chi connectivity index (χ1) is 14.8. The summed E-state index contributed by atoms with van der Waals surface area (Å²) < 4.78 is 32.6. The van der Waals surface area contributed by atoms with Crippen LogP contribution in [0.2, 0.25) is 10.0 Å². The highest BCUT2D eigenvalue weighted by molar-refractivity contribution is 7.89. The second kappa shape index (κ2) is 10.7. The number of amides is 1. The highest BCUT2D eigenvalue weighted by Gasteiger charge is 2.27. The number of nitrogens with zero attached hydrogens (tertiary/aromatic N) is 1. The number of hydrogen-bond donors (Lipinski definition) is 1. The molecule has 168 valence electrons. The van der Waals surface area contributed by atoms with Crippen LogP contribution in [0.3, 0.4) is 0 Å². The van der Waals surface area contributed by atoms with E-state index in [0.717, 1.165) is 12.8 Å². The van der Waals surface area contributed by atoms with Gasteiger partial charge in [-0.1, -0.05) is 30.1 Å². The molecule has 0 aromatic heterocycles. The van der Waals surface area contributed by atoms with Crippen LogP contribution in [0.4, 0.5) is 5.69 Å². The van der Waals surface area contributed by atoms with Gasteiger partial charge in [-0.2, -0.15) is 4.31 Å². The van der Waals surface area contributed by atoms with Gasteiger partial charge in [0, 0.05) is 30.2 Å². The van der Waals surface area contributed by atoms with Gasteiger partial charge in [0.1, 0.15) is 5.75 Å². The largest absolute Gasteiger partial charge is 0.492 e. The number of carbonyl (C=O) groups is 1. The summed E-state index contributed by atoms with van der Waals surface area (Å²) in [5, 5.41) is 3.73. The molecule has 9 heteroatoms. The molecule has 2 aromatic carbocycles. The number of nitrogens with one attached hydrogen (secondary N) is 1. The van der Waals surface area contributed by atoms with E-state index in [1.54, 1.807) is 30.3 Å². The van der Waals surface area contributed by atoms with Crippen molar-refractivity contribution in [2.75, 3.05) is 25.0 Å². The van der Waals surface area contributed by atoms with Crippen molar-refractivity contribution in [1.82, 2.24) is 4.31 Å². The lowest BCUT2D eigenvalue weighted by Gasteiger charge is -2.29.